The standard InChI is InChI=1S/C16H23NO3S/c1-2-3-11-16(18)17-13-7-6-10-15(12-13)21(19,20)14-8-4-5-9-14/h6-7,10,12,14H,2-5,8-9,11H2,1H3,(H,17,18). The van der Waals surface area contributed by atoms with E-state index in [2.05, 4.69) is 5.32 Å². The van der Waals surface area contributed by atoms with Crippen molar-refractivity contribution in [3.63, 3.8) is 0 Å². The maximum absolute atomic E-state index is 12.5. The number of unbranched alkanes of at least 4 members (excludes halogenated alkanes) is 1. The fourth-order valence-electron chi connectivity index (χ4n) is 2.70. The molecule has 1 saturated carbocycles. The molecule has 1 N–H and O–H groups in total. The van der Waals surface area contributed by atoms with Gasteiger partial charge in [-0.3, -0.25) is 4.79 Å². The highest BCUT2D eigenvalue weighted by atomic mass is 32.2. The first-order chi connectivity index (χ1) is 10.0. The number of hydrogen-bond acceptors (Lipinski definition) is 3. The molecule has 0 atom stereocenters. The molecule has 0 saturated heterocycles. The van der Waals surface area contributed by atoms with Gasteiger partial charge >= 0.3 is 0 Å². The van der Waals surface area contributed by atoms with Gasteiger partial charge in [-0.15, -0.1) is 0 Å². The predicted molar refractivity (Wildman–Crippen MR) is 84.0 cm³/mol. The first kappa shape index (κ1) is 16.0. The molecule has 0 spiro atoms. The van der Waals surface area contributed by atoms with E-state index in [0.717, 1.165) is 38.5 Å². The van der Waals surface area contributed by atoms with E-state index in [-0.39, 0.29) is 11.2 Å². The summed E-state index contributed by atoms with van der Waals surface area (Å²) in [5, 5.41) is 2.52. The lowest BCUT2D eigenvalue weighted by molar-refractivity contribution is -0.116. The van der Waals surface area contributed by atoms with Crippen molar-refractivity contribution in [3.05, 3.63) is 24.3 Å². The van der Waals surface area contributed by atoms with E-state index in [0.29, 0.717) is 17.0 Å². The van der Waals surface area contributed by atoms with E-state index < -0.39 is 9.84 Å². The first-order valence-electron chi connectivity index (χ1n) is 7.68. The van der Waals surface area contributed by atoms with Gasteiger partial charge in [0, 0.05) is 12.1 Å². The topological polar surface area (TPSA) is 63.2 Å². The lowest BCUT2D eigenvalue weighted by atomic mass is 10.2. The normalized spacial score (nSPS) is 16.0. The summed E-state index contributed by atoms with van der Waals surface area (Å²) in [6.07, 6.45) is 5.73. The first-order valence-corrected chi connectivity index (χ1v) is 9.22. The fraction of sp³-hybridized carbons (Fsp3) is 0.562. The summed E-state index contributed by atoms with van der Waals surface area (Å²) in [5.41, 5.74) is 0.565. The minimum Gasteiger partial charge on any atom is -0.326 e. The SMILES string of the molecule is CCCCC(=O)Nc1cccc(S(=O)(=O)C2CCCC2)c1. The molecule has 0 bridgehead atoms. The molecule has 116 valence electrons. The Labute approximate surface area is 126 Å². The molecule has 1 aliphatic carbocycles. The average Bonchev–Trinajstić information content (AvgIpc) is 3.00. The van der Waals surface area contributed by atoms with Crippen LogP contribution in [0.25, 0.3) is 0 Å². The number of rotatable bonds is 6. The molecule has 0 unspecified atom stereocenters. The van der Waals surface area contributed by atoms with Gasteiger partial charge in [0.15, 0.2) is 9.84 Å². The molecule has 1 amide bonds. The molecule has 21 heavy (non-hydrogen) atoms. The lowest BCUT2D eigenvalue weighted by Crippen LogP contribution is -2.18. The smallest absolute Gasteiger partial charge is 0.224 e. The Morgan fingerprint density at radius 1 is 1.29 bits per heavy atom. The molecule has 0 aromatic heterocycles. The molecule has 1 aliphatic rings. The minimum atomic E-state index is -3.27. The number of carbonyl (C=O) groups is 1. The Balaban J connectivity index is 2.12. The van der Waals surface area contributed by atoms with Gasteiger partial charge in [0.05, 0.1) is 10.1 Å². The largest absolute Gasteiger partial charge is 0.326 e. The third-order valence-electron chi connectivity index (χ3n) is 3.94. The molecule has 1 fully saturated rings. The molecule has 4 nitrogen and oxygen atoms in total. The Morgan fingerprint density at radius 2 is 2.00 bits per heavy atom. The summed E-state index contributed by atoms with van der Waals surface area (Å²) in [4.78, 5) is 12.0. The molecule has 0 radical (unpaired) electrons. The van der Waals surface area contributed by atoms with E-state index in [9.17, 15) is 13.2 Å². The van der Waals surface area contributed by atoms with Crippen LogP contribution in [0.1, 0.15) is 51.9 Å². The second-order valence-corrected chi connectivity index (χ2v) is 7.86. The fourth-order valence-corrected chi connectivity index (χ4v) is 4.60. The van der Waals surface area contributed by atoms with Crippen molar-refractivity contribution in [2.75, 3.05) is 5.32 Å². The molecule has 1 aromatic carbocycles. The molecule has 2 rings (SSSR count). The van der Waals surface area contributed by atoms with Crippen LogP contribution in [0.2, 0.25) is 0 Å². The van der Waals surface area contributed by atoms with Crippen LogP contribution >= 0.6 is 0 Å². The van der Waals surface area contributed by atoms with Crippen LogP contribution < -0.4 is 5.32 Å². The number of nitrogens with one attached hydrogen (secondary N) is 1. The third kappa shape index (κ3) is 4.06. The maximum Gasteiger partial charge on any atom is 0.224 e. The van der Waals surface area contributed by atoms with E-state index in [1.54, 1.807) is 24.3 Å². The highest BCUT2D eigenvalue weighted by molar-refractivity contribution is 7.92. The molecule has 1 aromatic rings. The van der Waals surface area contributed by atoms with Crippen molar-refractivity contribution >= 4 is 21.4 Å². The van der Waals surface area contributed by atoms with Crippen LogP contribution in [0, 0.1) is 0 Å². The van der Waals surface area contributed by atoms with Gasteiger partial charge < -0.3 is 5.32 Å². The van der Waals surface area contributed by atoms with Crippen molar-refractivity contribution in [2.24, 2.45) is 0 Å². The molecular formula is C16H23NO3S. The average molecular weight is 309 g/mol. The number of anilines is 1. The third-order valence-corrected chi connectivity index (χ3v) is 6.20. The number of carbonyl (C=O) groups excluding carboxylic acids is 1. The van der Waals surface area contributed by atoms with E-state index in [1.165, 1.54) is 0 Å². The van der Waals surface area contributed by atoms with Crippen LogP contribution in [0.3, 0.4) is 0 Å². The van der Waals surface area contributed by atoms with Crippen molar-refractivity contribution in [1.82, 2.24) is 0 Å². The quantitative estimate of drug-likeness (QED) is 0.874. The van der Waals surface area contributed by atoms with E-state index >= 15 is 0 Å². The van der Waals surface area contributed by atoms with Gasteiger partial charge in [-0.1, -0.05) is 32.3 Å². The van der Waals surface area contributed by atoms with E-state index in [4.69, 9.17) is 0 Å². The van der Waals surface area contributed by atoms with Gasteiger partial charge in [-0.25, -0.2) is 8.42 Å². The van der Waals surface area contributed by atoms with Crippen LogP contribution in [0.15, 0.2) is 29.2 Å². The van der Waals surface area contributed by atoms with Crippen molar-refractivity contribution in [2.45, 2.75) is 62.0 Å². The lowest BCUT2D eigenvalue weighted by Gasteiger charge is -2.12. The zero-order valence-electron chi connectivity index (χ0n) is 12.5. The van der Waals surface area contributed by atoms with Gasteiger partial charge in [0.1, 0.15) is 0 Å². The summed E-state index contributed by atoms with van der Waals surface area (Å²) < 4.78 is 25.1. The number of benzene rings is 1. The Kier molecular flexibility index (Phi) is 5.39. The summed E-state index contributed by atoms with van der Waals surface area (Å²) in [6, 6.07) is 6.63. The second kappa shape index (κ2) is 7.07. The molecular weight excluding hydrogens is 286 g/mol. The summed E-state index contributed by atoms with van der Waals surface area (Å²) >= 11 is 0. The number of hydrogen-bond donors (Lipinski definition) is 1. The van der Waals surface area contributed by atoms with Gasteiger partial charge in [-0.05, 0) is 37.5 Å². The van der Waals surface area contributed by atoms with Crippen LogP contribution in [0.5, 0.6) is 0 Å². The van der Waals surface area contributed by atoms with Crippen LogP contribution in [-0.2, 0) is 14.6 Å². The molecule has 5 heteroatoms. The summed E-state index contributed by atoms with van der Waals surface area (Å²) in [6.45, 7) is 2.03. The van der Waals surface area contributed by atoms with Gasteiger partial charge in [-0.2, -0.15) is 0 Å². The molecule has 0 aliphatic heterocycles. The number of amides is 1. The Bertz CT molecular complexity index is 589. The zero-order chi connectivity index (χ0) is 15.3. The van der Waals surface area contributed by atoms with Gasteiger partial charge in [0.25, 0.3) is 0 Å². The Hall–Kier alpha value is -1.36. The highest BCUT2D eigenvalue weighted by Crippen LogP contribution is 2.30. The van der Waals surface area contributed by atoms with Crippen molar-refractivity contribution < 1.29 is 13.2 Å². The zero-order valence-corrected chi connectivity index (χ0v) is 13.3. The highest BCUT2D eigenvalue weighted by Gasteiger charge is 2.30. The van der Waals surface area contributed by atoms with E-state index in [1.807, 2.05) is 6.92 Å². The number of sulfone groups is 1. The van der Waals surface area contributed by atoms with Crippen LogP contribution in [0.4, 0.5) is 5.69 Å². The molecule has 0 heterocycles. The summed E-state index contributed by atoms with van der Waals surface area (Å²) in [7, 11) is -3.27. The maximum atomic E-state index is 12.5. The van der Waals surface area contributed by atoms with Crippen molar-refractivity contribution in [1.29, 1.82) is 0 Å². The summed E-state index contributed by atoms with van der Waals surface area (Å²) in [5.74, 6) is -0.0627. The minimum absolute atomic E-state index is 0.0627. The van der Waals surface area contributed by atoms with Crippen molar-refractivity contribution in [3.8, 4) is 0 Å². The monoisotopic (exact) mass is 309 g/mol. The van der Waals surface area contributed by atoms with Gasteiger partial charge in [0.2, 0.25) is 5.91 Å². The predicted octanol–water partition coefficient (Wildman–Crippen LogP) is 3.53. The second-order valence-electron chi connectivity index (χ2n) is 5.63. The van der Waals surface area contributed by atoms with Crippen LogP contribution in [-0.4, -0.2) is 19.6 Å². The Morgan fingerprint density at radius 3 is 2.67 bits per heavy atom.